The van der Waals surface area contributed by atoms with E-state index in [2.05, 4.69) is 5.32 Å². The molecule has 1 amide bonds. The van der Waals surface area contributed by atoms with Gasteiger partial charge in [0, 0.05) is 6.61 Å². The molecule has 1 saturated heterocycles. The Hall–Kier alpha value is -1.10. The fourth-order valence-electron chi connectivity index (χ4n) is 2.05. The Balaban J connectivity index is 2.54. The van der Waals surface area contributed by atoms with Crippen LogP contribution in [-0.2, 0) is 14.3 Å². The predicted octanol–water partition coefficient (Wildman–Crippen LogP) is 1.03. The van der Waals surface area contributed by atoms with E-state index in [1.165, 1.54) is 0 Å². The molecule has 1 aliphatic rings. The lowest BCUT2D eigenvalue weighted by Gasteiger charge is -2.20. The Kier molecular flexibility index (Phi) is 4.93. The Morgan fingerprint density at radius 2 is 2.12 bits per heavy atom. The zero-order valence-corrected chi connectivity index (χ0v) is 10.6. The second-order valence-corrected chi connectivity index (χ2v) is 5.00. The summed E-state index contributed by atoms with van der Waals surface area (Å²) in [7, 11) is 0. The van der Waals surface area contributed by atoms with Gasteiger partial charge in [0.1, 0.15) is 6.04 Å². The predicted molar refractivity (Wildman–Crippen MR) is 62.5 cm³/mol. The summed E-state index contributed by atoms with van der Waals surface area (Å²) in [5.74, 6) is -1.17. The van der Waals surface area contributed by atoms with Crippen LogP contribution in [0.1, 0.15) is 33.6 Å². The highest BCUT2D eigenvalue weighted by Crippen LogP contribution is 2.20. The zero-order valence-electron chi connectivity index (χ0n) is 10.6. The third kappa shape index (κ3) is 4.00. The molecular formula is C12H21NO4. The standard InChI is InChI=1S/C12H21NO4/c1-7(2)6-10(12(15)16)13-11(14)9-4-5-17-8(9)3/h7-10H,4-6H2,1-3H3,(H,13,14)(H,15,16). The molecule has 17 heavy (non-hydrogen) atoms. The van der Waals surface area contributed by atoms with Gasteiger partial charge in [-0.1, -0.05) is 13.8 Å². The number of carbonyl (C=O) groups is 2. The molecule has 0 aliphatic carbocycles. The van der Waals surface area contributed by atoms with Crippen molar-refractivity contribution in [1.29, 1.82) is 0 Å². The first-order chi connectivity index (χ1) is 7.91. The number of carbonyl (C=O) groups excluding carboxylic acids is 1. The van der Waals surface area contributed by atoms with E-state index in [-0.39, 0.29) is 23.8 Å². The summed E-state index contributed by atoms with van der Waals surface area (Å²) in [6.07, 6.45) is 0.993. The van der Waals surface area contributed by atoms with Crippen molar-refractivity contribution < 1.29 is 19.4 Å². The van der Waals surface area contributed by atoms with Crippen molar-refractivity contribution in [3.05, 3.63) is 0 Å². The van der Waals surface area contributed by atoms with Gasteiger partial charge in [0.25, 0.3) is 0 Å². The molecule has 1 rings (SSSR count). The lowest BCUT2D eigenvalue weighted by Crippen LogP contribution is -2.45. The van der Waals surface area contributed by atoms with Gasteiger partial charge < -0.3 is 15.2 Å². The minimum Gasteiger partial charge on any atom is -0.480 e. The quantitative estimate of drug-likeness (QED) is 0.756. The second kappa shape index (κ2) is 6.00. The maximum Gasteiger partial charge on any atom is 0.326 e. The molecule has 0 radical (unpaired) electrons. The van der Waals surface area contributed by atoms with Crippen LogP contribution in [0.5, 0.6) is 0 Å². The number of rotatable bonds is 5. The number of hydrogen-bond acceptors (Lipinski definition) is 3. The SMILES string of the molecule is CC(C)CC(NC(=O)C1CCOC1C)C(=O)O. The number of ether oxygens (including phenoxy) is 1. The Morgan fingerprint density at radius 1 is 1.47 bits per heavy atom. The van der Waals surface area contributed by atoms with Crippen LogP contribution in [0.4, 0.5) is 0 Å². The van der Waals surface area contributed by atoms with Crippen molar-refractivity contribution in [1.82, 2.24) is 5.32 Å². The maximum absolute atomic E-state index is 11.9. The molecule has 0 bridgehead atoms. The number of carboxylic acids is 1. The minimum absolute atomic E-state index is 0.122. The summed E-state index contributed by atoms with van der Waals surface area (Å²) in [5, 5.41) is 11.6. The van der Waals surface area contributed by atoms with Gasteiger partial charge in [-0.2, -0.15) is 0 Å². The number of nitrogens with one attached hydrogen (secondary N) is 1. The molecule has 0 aromatic heterocycles. The minimum atomic E-state index is -0.974. The first-order valence-corrected chi connectivity index (χ1v) is 6.06. The lowest BCUT2D eigenvalue weighted by molar-refractivity contribution is -0.143. The second-order valence-electron chi connectivity index (χ2n) is 5.00. The van der Waals surface area contributed by atoms with E-state index in [1.54, 1.807) is 0 Å². The van der Waals surface area contributed by atoms with Gasteiger partial charge >= 0.3 is 5.97 Å². The Labute approximate surface area is 102 Å². The summed E-state index contributed by atoms with van der Waals surface area (Å²) >= 11 is 0. The molecule has 0 spiro atoms. The van der Waals surface area contributed by atoms with Crippen LogP contribution >= 0.6 is 0 Å². The average molecular weight is 243 g/mol. The summed E-state index contributed by atoms with van der Waals surface area (Å²) < 4.78 is 5.30. The van der Waals surface area contributed by atoms with Gasteiger partial charge in [-0.3, -0.25) is 4.79 Å². The number of hydrogen-bond donors (Lipinski definition) is 2. The van der Waals surface area contributed by atoms with E-state index in [0.29, 0.717) is 19.4 Å². The first-order valence-electron chi connectivity index (χ1n) is 6.06. The van der Waals surface area contributed by atoms with Gasteiger partial charge in [0.05, 0.1) is 12.0 Å². The molecule has 0 aromatic rings. The Morgan fingerprint density at radius 3 is 2.53 bits per heavy atom. The monoisotopic (exact) mass is 243 g/mol. The van der Waals surface area contributed by atoms with Gasteiger partial charge in [-0.05, 0) is 25.7 Å². The van der Waals surface area contributed by atoms with Crippen LogP contribution in [-0.4, -0.2) is 35.7 Å². The lowest BCUT2D eigenvalue weighted by atomic mass is 9.99. The molecule has 3 unspecified atom stereocenters. The summed E-state index contributed by atoms with van der Waals surface area (Å²) in [5.41, 5.74) is 0. The summed E-state index contributed by atoms with van der Waals surface area (Å²) in [6.45, 7) is 6.28. The topological polar surface area (TPSA) is 75.6 Å². The van der Waals surface area contributed by atoms with Gasteiger partial charge in [0.2, 0.25) is 5.91 Å². The van der Waals surface area contributed by atoms with E-state index in [9.17, 15) is 9.59 Å². The van der Waals surface area contributed by atoms with Crippen LogP contribution in [0.15, 0.2) is 0 Å². The maximum atomic E-state index is 11.9. The molecule has 1 heterocycles. The molecule has 0 aromatic carbocycles. The number of amides is 1. The van der Waals surface area contributed by atoms with E-state index in [4.69, 9.17) is 9.84 Å². The van der Waals surface area contributed by atoms with Crippen molar-refractivity contribution in [3.8, 4) is 0 Å². The van der Waals surface area contributed by atoms with Crippen molar-refractivity contribution >= 4 is 11.9 Å². The molecule has 5 heteroatoms. The average Bonchev–Trinajstić information content (AvgIpc) is 2.62. The first kappa shape index (κ1) is 14.0. The van der Waals surface area contributed by atoms with E-state index in [0.717, 1.165) is 0 Å². The van der Waals surface area contributed by atoms with Crippen LogP contribution in [0, 0.1) is 11.8 Å². The molecular weight excluding hydrogens is 222 g/mol. The highest BCUT2D eigenvalue weighted by Gasteiger charge is 2.33. The van der Waals surface area contributed by atoms with Crippen LogP contribution in [0.3, 0.4) is 0 Å². The molecule has 1 aliphatic heterocycles. The molecule has 98 valence electrons. The molecule has 0 saturated carbocycles. The third-order valence-electron chi connectivity index (χ3n) is 3.03. The van der Waals surface area contributed by atoms with Gasteiger partial charge in [-0.25, -0.2) is 4.79 Å². The van der Waals surface area contributed by atoms with E-state index >= 15 is 0 Å². The third-order valence-corrected chi connectivity index (χ3v) is 3.03. The molecule has 3 atom stereocenters. The number of aliphatic carboxylic acids is 1. The van der Waals surface area contributed by atoms with Crippen LogP contribution in [0.25, 0.3) is 0 Å². The highest BCUT2D eigenvalue weighted by atomic mass is 16.5. The molecule has 2 N–H and O–H groups in total. The largest absolute Gasteiger partial charge is 0.480 e. The van der Waals surface area contributed by atoms with Crippen molar-refractivity contribution in [2.75, 3.05) is 6.61 Å². The van der Waals surface area contributed by atoms with E-state index < -0.39 is 12.0 Å². The molecule has 1 fully saturated rings. The van der Waals surface area contributed by atoms with Crippen molar-refractivity contribution in [2.45, 2.75) is 45.8 Å². The van der Waals surface area contributed by atoms with E-state index in [1.807, 2.05) is 20.8 Å². The fourth-order valence-corrected chi connectivity index (χ4v) is 2.05. The zero-order chi connectivity index (χ0) is 13.0. The number of carboxylic acid groups (broad SMARTS) is 1. The smallest absolute Gasteiger partial charge is 0.326 e. The fraction of sp³-hybridized carbons (Fsp3) is 0.833. The molecule has 5 nitrogen and oxygen atoms in total. The Bertz CT molecular complexity index is 290. The normalized spacial score (nSPS) is 25.9. The van der Waals surface area contributed by atoms with Gasteiger partial charge in [0.15, 0.2) is 0 Å². The van der Waals surface area contributed by atoms with Crippen LogP contribution < -0.4 is 5.32 Å². The van der Waals surface area contributed by atoms with Crippen molar-refractivity contribution in [3.63, 3.8) is 0 Å². The summed E-state index contributed by atoms with van der Waals surface area (Å²) in [4.78, 5) is 22.9. The van der Waals surface area contributed by atoms with Crippen LogP contribution in [0.2, 0.25) is 0 Å². The highest BCUT2D eigenvalue weighted by molar-refractivity contribution is 5.85. The van der Waals surface area contributed by atoms with Gasteiger partial charge in [-0.15, -0.1) is 0 Å². The summed E-state index contributed by atoms with van der Waals surface area (Å²) in [6, 6.07) is -0.796. The van der Waals surface area contributed by atoms with Crippen molar-refractivity contribution in [2.24, 2.45) is 11.8 Å².